The Morgan fingerprint density at radius 1 is 1.11 bits per heavy atom. The summed E-state index contributed by atoms with van der Waals surface area (Å²) in [5, 5.41) is 2.65. The number of nitrogens with zero attached hydrogens (tertiary/aromatic N) is 2. The second-order valence-corrected chi connectivity index (χ2v) is 11.4. The third kappa shape index (κ3) is 6.24. The molecule has 2 heterocycles. The van der Waals surface area contributed by atoms with E-state index in [1.807, 2.05) is 0 Å². The maximum Gasteiger partial charge on any atom is 0.410 e. The first kappa shape index (κ1) is 27.2. The molecule has 0 radical (unpaired) electrons. The normalized spacial score (nSPS) is 20.5. The molecule has 11 heteroatoms. The molecule has 1 saturated heterocycles. The van der Waals surface area contributed by atoms with Gasteiger partial charge in [0.15, 0.2) is 6.10 Å². The van der Waals surface area contributed by atoms with Crippen LogP contribution in [0.5, 0.6) is 0 Å². The van der Waals surface area contributed by atoms with Crippen LogP contribution in [0.25, 0.3) is 0 Å². The first-order valence-corrected chi connectivity index (χ1v) is 11.9. The molecule has 2 aliphatic rings. The molecule has 0 unspecified atom stereocenters. The Kier molecular flexibility index (Phi) is 7.52. The van der Waals surface area contributed by atoms with E-state index in [1.54, 1.807) is 53.7 Å². The molecule has 198 valence electrons. The lowest BCUT2D eigenvalue weighted by molar-refractivity contribution is -0.149. The molecule has 3 N–H and O–H groups in total. The molecule has 0 bridgehead atoms. The molecular formula is C25H35FN4O6. The number of fused-ring (bicyclic) bond motifs is 1. The van der Waals surface area contributed by atoms with E-state index >= 15 is 0 Å². The number of hydrogen-bond donors (Lipinski definition) is 2. The van der Waals surface area contributed by atoms with Crippen molar-refractivity contribution in [3.8, 4) is 0 Å². The van der Waals surface area contributed by atoms with Crippen molar-refractivity contribution in [2.75, 3.05) is 6.54 Å². The molecule has 0 aromatic heterocycles. The summed E-state index contributed by atoms with van der Waals surface area (Å²) in [6, 6.07) is 3.62. The topological polar surface area (TPSA) is 131 Å². The van der Waals surface area contributed by atoms with Crippen LogP contribution in [0, 0.1) is 11.2 Å². The zero-order valence-electron chi connectivity index (χ0n) is 21.6. The number of benzene rings is 1. The number of likely N-dealkylation sites (tertiary alicyclic amines) is 1. The zero-order chi connectivity index (χ0) is 27.0. The third-order valence-electron chi connectivity index (χ3n) is 6.04. The first-order valence-electron chi connectivity index (χ1n) is 11.9. The number of hydrogen-bond acceptors (Lipinski definition) is 6. The SMILES string of the molecule is CC(C)(C)NC(=O)O[C@H](C(=O)N1C[C@H](OC(=O)N2Cc3cccc(F)c3C2)C[C@H]1C(N)=O)C(C)(C)C. The second kappa shape index (κ2) is 9.94. The van der Waals surface area contributed by atoms with Gasteiger partial charge in [-0.15, -0.1) is 0 Å². The number of amides is 4. The maximum absolute atomic E-state index is 14.1. The quantitative estimate of drug-likeness (QED) is 0.646. The molecule has 1 aromatic rings. The standard InChI is InChI=1S/C25H35FN4O6/c1-24(2,3)19(36-22(33)28-25(4,5)6)21(32)30-12-15(10-18(30)20(27)31)35-23(34)29-11-14-8-7-9-17(26)16(14)13-29/h7-9,15,18-19H,10-13H2,1-6H3,(H2,27,31)(H,28,33)/t15-,18+,19-/m1/s1. The van der Waals surface area contributed by atoms with Gasteiger partial charge in [0.2, 0.25) is 5.91 Å². The molecule has 0 aliphatic carbocycles. The van der Waals surface area contributed by atoms with Gasteiger partial charge >= 0.3 is 12.2 Å². The highest BCUT2D eigenvalue weighted by Crippen LogP contribution is 2.30. The fraction of sp³-hybridized carbons (Fsp3) is 0.600. The molecular weight excluding hydrogens is 471 g/mol. The highest BCUT2D eigenvalue weighted by atomic mass is 19.1. The highest BCUT2D eigenvalue weighted by molar-refractivity contribution is 5.91. The van der Waals surface area contributed by atoms with Gasteiger partial charge in [0.05, 0.1) is 13.1 Å². The van der Waals surface area contributed by atoms with Crippen LogP contribution in [0.1, 0.15) is 59.1 Å². The summed E-state index contributed by atoms with van der Waals surface area (Å²) in [4.78, 5) is 53.5. The Morgan fingerprint density at radius 3 is 2.33 bits per heavy atom. The number of nitrogens with two attached hydrogens (primary N) is 1. The summed E-state index contributed by atoms with van der Waals surface area (Å²) < 4.78 is 25.1. The van der Waals surface area contributed by atoms with Crippen molar-refractivity contribution in [2.45, 2.75) is 84.8 Å². The van der Waals surface area contributed by atoms with Crippen molar-refractivity contribution in [3.63, 3.8) is 0 Å². The number of carbonyl (C=O) groups is 4. The van der Waals surface area contributed by atoms with E-state index < -0.39 is 59.0 Å². The van der Waals surface area contributed by atoms with Crippen molar-refractivity contribution in [2.24, 2.45) is 11.1 Å². The molecule has 10 nitrogen and oxygen atoms in total. The van der Waals surface area contributed by atoms with Gasteiger partial charge < -0.3 is 25.4 Å². The summed E-state index contributed by atoms with van der Waals surface area (Å²) in [5.41, 5.74) is 5.32. The van der Waals surface area contributed by atoms with E-state index in [-0.39, 0.29) is 26.1 Å². The minimum absolute atomic E-state index is 0.00696. The van der Waals surface area contributed by atoms with E-state index in [4.69, 9.17) is 15.2 Å². The number of carbonyl (C=O) groups excluding carboxylic acids is 4. The summed E-state index contributed by atoms with van der Waals surface area (Å²) in [7, 11) is 0. The van der Waals surface area contributed by atoms with Crippen LogP contribution in [0.15, 0.2) is 18.2 Å². The number of nitrogens with one attached hydrogen (secondary N) is 1. The Bertz CT molecular complexity index is 1050. The van der Waals surface area contributed by atoms with Crippen LogP contribution in [-0.2, 0) is 32.2 Å². The minimum Gasteiger partial charge on any atom is -0.444 e. The zero-order valence-corrected chi connectivity index (χ0v) is 21.6. The second-order valence-electron chi connectivity index (χ2n) is 11.4. The molecule has 2 aliphatic heterocycles. The van der Waals surface area contributed by atoms with Crippen LogP contribution in [0.3, 0.4) is 0 Å². The van der Waals surface area contributed by atoms with Gasteiger partial charge in [-0.25, -0.2) is 14.0 Å². The van der Waals surface area contributed by atoms with Crippen LogP contribution in [0.2, 0.25) is 0 Å². The van der Waals surface area contributed by atoms with Gasteiger partial charge in [0.25, 0.3) is 5.91 Å². The van der Waals surface area contributed by atoms with E-state index in [1.165, 1.54) is 15.9 Å². The van der Waals surface area contributed by atoms with Gasteiger partial charge in [0.1, 0.15) is 18.0 Å². The van der Waals surface area contributed by atoms with Gasteiger partial charge in [-0.05, 0) is 32.4 Å². The lowest BCUT2D eigenvalue weighted by Crippen LogP contribution is -2.54. The van der Waals surface area contributed by atoms with Gasteiger partial charge in [-0.1, -0.05) is 32.9 Å². The van der Waals surface area contributed by atoms with Crippen LogP contribution >= 0.6 is 0 Å². The predicted molar refractivity (Wildman–Crippen MR) is 128 cm³/mol. The molecule has 3 rings (SSSR count). The number of ether oxygens (including phenoxy) is 2. The van der Waals surface area contributed by atoms with Crippen molar-refractivity contribution in [1.29, 1.82) is 0 Å². The average molecular weight is 507 g/mol. The number of halogens is 1. The summed E-state index contributed by atoms with van der Waals surface area (Å²) >= 11 is 0. The molecule has 1 fully saturated rings. The summed E-state index contributed by atoms with van der Waals surface area (Å²) in [5.74, 6) is -1.76. The first-order chi connectivity index (χ1) is 16.6. The predicted octanol–water partition coefficient (Wildman–Crippen LogP) is 2.67. The fourth-order valence-corrected chi connectivity index (χ4v) is 4.31. The number of primary amides is 1. The van der Waals surface area contributed by atoms with E-state index in [0.717, 1.165) is 0 Å². The Labute approximate surface area is 210 Å². The van der Waals surface area contributed by atoms with Crippen molar-refractivity contribution in [1.82, 2.24) is 15.1 Å². The van der Waals surface area contributed by atoms with Gasteiger partial charge in [0, 0.05) is 29.5 Å². The Hall–Kier alpha value is -3.37. The lowest BCUT2D eigenvalue weighted by atomic mass is 9.88. The largest absolute Gasteiger partial charge is 0.444 e. The highest BCUT2D eigenvalue weighted by Gasteiger charge is 2.47. The van der Waals surface area contributed by atoms with Crippen LogP contribution in [-0.4, -0.2) is 64.1 Å². The van der Waals surface area contributed by atoms with E-state index in [2.05, 4.69) is 5.32 Å². The third-order valence-corrected chi connectivity index (χ3v) is 6.04. The molecule has 36 heavy (non-hydrogen) atoms. The maximum atomic E-state index is 14.1. The summed E-state index contributed by atoms with van der Waals surface area (Å²) in [6.07, 6.45) is -3.47. The minimum atomic E-state index is -1.22. The summed E-state index contributed by atoms with van der Waals surface area (Å²) in [6.45, 7) is 10.7. The van der Waals surface area contributed by atoms with Crippen molar-refractivity contribution in [3.05, 3.63) is 35.1 Å². The van der Waals surface area contributed by atoms with E-state index in [0.29, 0.717) is 11.1 Å². The smallest absolute Gasteiger partial charge is 0.410 e. The van der Waals surface area contributed by atoms with Gasteiger partial charge in [-0.2, -0.15) is 0 Å². The molecule has 0 spiro atoms. The Balaban J connectivity index is 1.71. The van der Waals surface area contributed by atoms with E-state index in [9.17, 15) is 23.6 Å². The molecule has 4 amide bonds. The van der Waals surface area contributed by atoms with Gasteiger partial charge in [-0.3, -0.25) is 14.5 Å². The molecule has 0 saturated carbocycles. The number of alkyl carbamates (subject to hydrolysis) is 1. The Morgan fingerprint density at radius 2 is 1.78 bits per heavy atom. The van der Waals surface area contributed by atoms with Crippen LogP contribution < -0.4 is 11.1 Å². The van der Waals surface area contributed by atoms with Crippen LogP contribution in [0.4, 0.5) is 14.0 Å². The lowest BCUT2D eigenvalue weighted by Gasteiger charge is -2.34. The number of rotatable bonds is 4. The molecule has 3 atom stereocenters. The van der Waals surface area contributed by atoms with Crippen molar-refractivity contribution < 1.29 is 33.0 Å². The molecule has 1 aromatic carbocycles. The van der Waals surface area contributed by atoms with Crippen molar-refractivity contribution >= 4 is 24.0 Å². The average Bonchev–Trinajstić information content (AvgIpc) is 3.35. The fourth-order valence-electron chi connectivity index (χ4n) is 4.31. The monoisotopic (exact) mass is 506 g/mol.